The third kappa shape index (κ3) is 7.81. The van der Waals surface area contributed by atoms with Gasteiger partial charge in [0.05, 0.1) is 13.2 Å². The van der Waals surface area contributed by atoms with E-state index in [0.29, 0.717) is 5.92 Å². The van der Waals surface area contributed by atoms with Crippen LogP contribution in [0.3, 0.4) is 0 Å². The zero-order valence-corrected chi connectivity index (χ0v) is 18.8. The van der Waals surface area contributed by atoms with Crippen LogP contribution in [0.25, 0.3) is 0 Å². The Hall–Kier alpha value is -1.02. The summed E-state index contributed by atoms with van der Waals surface area (Å²) in [4.78, 5) is 6.53. The molecular weight excluding hydrogens is 427 g/mol. The lowest BCUT2D eigenvalue weighted by molar-refractivity contribution is 0.287. The zero-order chi connectivity index (χ0) is 17.9. The highest BCUT2D eigenvalue weighted by Crippen LogP contribution is 2.27. The molecule has 0 radical (unpaired) electrons. The van der Waals surface area contributed by atoms with Crippen molar-refractivity contribution in [3.8, 4) is 5.75 Å². The number of nitrogens with zero attached hydrogens (tertiary/aromatic N) is 2. The monoisotopic (exact) mass is 462 g/mol. The van der Waals surface area contributed by atoms with Gasteiger partial charge in [0.1, 0.15) is 5.75 Å². The van der Waals surface area contributed by atoms with Gasteiger partial charge in [-0.1, -0.05) is 44.9 Å². The maximum atomic E-state index is 5.52. The van der Waals surface area contributed by atoms with Crippen molar-refractivity contribution < 1.29 is 4.74 Å². The van der Waals surface area contributed by atoms with E-state index in [9.17, 15) is 0 Å². The number of hydrogen-bond acceptors (Lipinski definition) is 3. The SMILES string of the molecule is CCC(CC)CNC(=NC)NCC(c1ccccc1OC)N(C)C.I. The summed E-state index contributed by atoms with van der Waals surface area (Å²) in [6, 6.07) is 8.37. The van der Waals surface area contributed by atoms with Gasteiger partial charge < -0.3 is 20.3 Å². The van der Waals surface area contributed by atoms with Crippen molar-refractivity contribution in [1.82, 2.24) is 15.5 Å². The summed E-state index contributed by atoms with van der Waals surface area (Å²) in [5, 5.41) is 6.88. The fraction of sp³-hybridized carbons (Fsp3) is 0.632. The van der Waals surface area contributed by atoms with E-state index in [1.165, 1.54) is 18.4 Å². The van der Waals surface area contributed by atoms with Crippen molar-refractivity contribution >= 4 is 29.9 Å². The predicted molar refractivity (Wildman–Crippen MR) is 118 cm³/mol. The number of nitrogens with one attached hydrogen (secondary N) is 2. The largest absolute Gasteiger partial charge is 0.496 e. The van der Waals surface area contributed by atoms with E-state index in [1.807, 2.05) is 19.2 Å². The quantitative estimate of drug-likeness (QED) is 0.335. The number of likely N-dealkylation sites (N-methyl/N-ethyl adjacent to an activating group) is 1. The lowest BCUT2D eigenvalue weighted by atomic mass is 10.0. The highest BCUT2D eigenvalue weighted by Gasteiger charge is 2.18. The van der Waals surface area contributed by atoms with Crippen molar-refractivity contribution in [3.63, 3.8) is 0 Å². The molecule has 0 fully saturated rings. The number of methoxy groups -OCH3 is 1. The van der Waals surface area contributed by atoms with Crippen LogP contribution in [0.1, 0.15) is 38.3 Å². The average molecular weight is 462 g/mol. The van der Waals surface area contributed by atoms with Gasteiger partial charge in [-0.15, -0.1) is 24.0 Å². The van der Waals surface area contributed by atoms with Crippen LogP contribution < -0.4 is 15.4 Å². The molecule has 0 aliphatic rings. The molecular formula is C19H35IN4O. The van der Waals surface area contributed by atoms with E-state index in [1.54, 1.807) is 7.11 Å². The normalized spacial score (nSPS) is 12.7. The number of benzene rings is 1. The first kappa shape index (κ1) is 24.0. The number of halogens is 1. The van der Waals surface area contributed by atoms with Crippen molar-refractivity contribution in [2.75, 3.05) is 41.3 Å². The number of para-hydroxylation sites is 1. The van der Waals surface area contributed by atoms with Crippen LogP contribution in [-0.4, -0.2) is 52.2 Å². The highest BCUT2D eigenvalue weighted by atomic mass is 127. The number of aliphatic imine (C=N–C) groups is 1. The Kier molecular flexibility index (Phi) is 12.7. The second-order valence-electron chi connectivity index (χ2n) is 6.24. The lowest BCUT2D eigenvalue weighted by Gasteiger charge is -2.27. The van der Waals surface area contributed by atoms with Gasteiger partial charge in [0.15, 0.2) is 5.96 Å². The average Bonchev–Trinajstić information content (AvgIpc) is 2.60. The van der Waals surface area contributed by atoms with Gasteiger partial charge in [-0.2, -0.15) is 0 Å². The summed E-state index contributed by atoms with van der Waals surface area (Å²) >= 11 is 0. The molecule has 1 aromatic rings. The molecule has 1 rings (SSSR count). The van der Waals surface area contributed by atoms with Gasteiger partial charge in [0.25, 0.3) is 0 Å². The smallest absolute Gasteiger partial charge is 0.191 e. The van der Waals surface area contributed by atoms with E-state index in [-0.39, 0.29) is 30.0 Å². The molecule has 0 heterocycles. The van der Waals surface area contributed by atoms with Gasteiger partial charge >= 0.3 is 0 Å². The summed E-state index contributed by atoms with van der Waals surface area (Å²) in [5.41, 5.74) is 1.17. The minimum atomic E-state index is 0. The number of guanidine groups is 1. The molecule has 0 aromatic heterocycles. The molecule has 2 N–H and O–H groups in total. The number of hydrogen-bond donors (Lipinski definition) is 2. The maximum absolute atomic E-state index is 5.52. The summed E-state index contributed by atoms with van der Waals surface area (Å²) in [6.45, 7) is 6.18. The molecule has 0 saturated carbocycles. The summed E-state index contributed by atoms with van der Waals surface area (Å²) in [7, 11) is 7.70. The first-order chi connectivity index (χ1) is 11.6. The van der Waals surface area contributed by atoms with Gasteiger partial charge in [-0.05, 0) is 26.1 Å². The molecule has 5 nitrogen and oxygen atoms in total. The molecule has 0 bridgehead atoms. The van der Waals surface area contributed by atoms with Crippen molar-refractivity contribution in [1.29, 1.82) is 0 Å². The molecule has 1 unspecified atom stereocenters. The molecule has 0 saturated heterocycles. The zero-order valence-electron chi connectivity index (χ0n) is 16.5. The minimum Gasteiger partial charge on any atom is -0.496 e. The second-order valence-corrected chi connectivity index (χ2v) is 6.24. The summed E-state index contributed by atoms with van der Waals surface area (Å²) < 4.78 is 5.52. The first-order valence-corrected chi connectivity index (χ1v) is 8.81. The first-order valence-electron chi connectivity index (χ1n) is 8.81. The Labute approximate surface area is 170 Å². The topological polar surface area (TPSA) is 48.9 Å². The van der Waals surface area contributed by atoms with Crippen LogP contribution in [-0.2, 0) is 0 Å². The fourth-order valence-corrected chi connectivity index (χ4v) is 2.74. The number of rotatable bonds is 9. The Balaban J connectivity index is 0.00000576. The van der Waals surface area contributed by atoms with E-state index in [0.717, 1.165) is 24.8 Å². The molecule has 0 aliphatic heterocycles. The van der Waals surface area contributed by atoms with E-state index < -0.39 is 0 Å². The summed E-state index contributed by atoms with van der Waals surface area (Å²) in [6.07, 6.45) is 2.37. The standard InChI is InChI=1S/C19H34N4O.HI/c1-7-15(8-2)13-21-19(20-3)22-14-17(23(4)5)16-11-9-10-12-18(16)24-6;/h9-12,15,17H,7-8,13-14H2,1-6H3,(H2,20,21,22);1H. The molecule has 0 aliphatic carbocycles. The highest BCUT2D eigenvalue weighted by molar-refractivity contribution is 14.0. The molecule has 25 heavy (non-hydrogen) atoms. The molecule has 6 heteroatoms. The van der Waals surface area contributed by atoms with E-state index >= 15 is 0 Å². The lowest BCUT2D eigenvalue weighted by Crippen LogP contribution is -2.43. The molecule has 144 valence electrons. The van der Waals surface area contributed by atoms with E-state index in [2.05, 4.69) is 60.6 Å². The maximum Gasteiger partial charge on any atom is 0.191 e. The molecule has 0 spiro atoms. The van der Waals surface area contributed by atoms with Crippen LogP contribution in [0.2, 0.25) is 0 Å². The van der Waals surface area contributed by atoms with Crippen molar-refractivity contribution in [2.45, 2.75) is 32.7 Å². The number of ether oxygens (including phenoxy) is 1. The third-order valence-corrected chi connectivity index (χ3v) is 4.52. The fourth-order valence-electron chi connectivity index (χ4n) is 2.74. The van der Waals surface area contributed by atoms with Crippen molar-refractivity contribution in [2.24, 2.45) is 10.9 Å². The Bertz CT molecular complexity index is 504. The third-order valence-electron chi connectivity index (χ3n) is 4.52. The second kappa shape index (κ2) is 13.2. The van der Waals surface area contributed by atoms with E-state index in [4.69, 9.17) is 4.74 Å². The van der Waals surface area contributed by atoms with Crippen LogP contribution in [0.5, 0.6) is 5.75 Å². The van der Waals surface area contributed by atoms with Crippen molar-refractivity contribution in [3.05, 3.63) is 29.8 Å². The van der Waals surface area contributed by atoms with Crippen LogP contribution in [0, 0.1) is 5.92 Å². The predicted octanol–water partition coefficient (Wildman–Crippen LogP) is 3.52. The van der Waals surface area contributed by atoms with Gasteiger partial charge in [0, 0.05) is 25.7 Å². The Morgan fingerprint density at radius 3 is 2.24 bits per heavy atom. The Morgan fingerprint density at radius 1 is 1.12 bits per heavy atom. The summed E-state index contributed by atoms with van der Waals surface area (Å²) in [5.74, 6) is 2.45. The van der Waals surface area contributed by atoms with Crippen LogP contribution in [0.15, 0.2) is 29.3 Å². The molecule has 1 aromatic carbocycles. The van der Waals surface area contributed by atoms with Gasteiger partial charge in [0.2, 0.25) is 0 Å². The molecule has 0 amide bonds. The van der Waals surface area contributed by atoms with Crippen LogP contribution >= 0.6 is 24.0 Å². The van der Waals surface area contributed by atoms with Crippen LogP contribution in [0.4, 0.5) is 0 Å². The van der Waals surface area contributed by atoms with Gasteiger partial charge in [-0.25, -0.2) is 0 Å². The van der Waals surface area contributed by atoms with Gasteiger partial charge in [-0.3, -0.25) is 4.99 Å². The Morgan fingerprint density at radius 2 is 1.72 bits per heavy atom. The minimum absolute atomic E-state index is 0. The molecule has 1 atom stereocenters.